The van der Waals surface area contributed by atoms with Gasteiger partial charge in [-0.15, -0.1) is 0 Å². The van der Waals surface area contributed by atoms with E-state index in [2.05, 4.69) is 21.3 Å². The van der Waals surface area contributed by atoms with Gasteiger partial charge in [0.1, 0.15) is 34.6 Å². The normalized spacial score (nSPS) is 22.1. The van der Waals surface area contributed by atoms with Gasteiger partial charge in [-0.3, -0.25) is 43.8 Å². The lowest BCUT2D eigenvalue weighted by molar-refractivity contribution is -0.136. The highest BCUT2D eigenvalue weighted by atomic mass is 16.5. The Hall–Kier alpha value is -7.04. The zero-order chi connectivity index (χ0) is 45.2. The molecule has 3 fully saturated rings. The van der Waals surface area contributed by atoms with Gasteiger partial charge in [-0.2, -0.15) is 5.10 Å². The van der Waals surface area contributed by atoms with Crippen molar-refractivity contribution in [1.29, 1.82) is 0 Å². The van der Waals surface area contributed by atoms with Gasteiger partial charge in [0.25, 0.3) is 17.7 Å². The number of primary amides is 1. The molecular weight excluding hydrogens is 831 g/mol. The van der Waals surface area contributed by atoms with Crippen LogP contribution in [0.15, 0.2) is 72.8 Å². The minimum absolute atomic E-state index is 0.0251. The number of likely N-dealkylation sites (tertiary alicyclic amines) is 1. The van der Waals surface area contributed by atoms with Gasteiger partial charge >= 0.3 is 0 Å². The lowest BCUT2D eigenvalue weighted by atomic mass is 9.83. The molecule has 4 aromatic rings. The van der Waals surface area contributed by atoms with Crippen LogP contribution in [0.2, 0.25) is 0 Å². The van der Waals surface area contributed by atoms with E-state index in [0.717, 1.165) is 67.6 Å². The highest BCUT2D eigenvalue weighted by Gasteiger charge is 2.45. The standard InChI is InChI=1S/C48H53N9O8/c49-44(61)42-43(30-9-14-34(15-10-30)65-33-4-2-1-3-5-33)54-57-37(20-23-50-45(42)57)29-21-24-55(25-22-29)41(60)19-8-28-6-11-31(12-7-28)52-40(59)27-51-32-13-16-35-36(26-32)48(64)56(47(35)63)38-17-18-39(58)53-46(38)62/h1-5,9-10,13-16,26,28-29,31,37-38,50-51H,6-8,11-12,17-25,27H2,(H2,49,61)(H,52,59)(H,53,58,62)/t28-,31-,37-,38?/m0/s1. The second-order valence-corrected chi connectivity index (χ2v) is 17.7. The zero-order valence-corrected chi connectivity index (χ0v) is 36.1. The van der Waals surface area contributed by atoms with Gasteiger partial charge in [0.05, 0.1) is 23.7 Å². The number of amides is 7. The van der Waals surface area contributed by atoms with Crippen LogP contribution >= 0.6 is 0 Å². The summed E-state index contributed by atoms with van der Waals surface area (Å²) < 4.78 is 7.91. The Labute approximate surface area is 375 Å². The number of piperidine rings is 2. The molecule has 0 spiro atoms. The van der Waals surface area contributed by atoms with Crippen molar-refractivity contribution in [2.75, 3.05) is 36.8 Å². The molecule has 2 saturated heterocycles. The van der Waals surface area contributed by atoms with E-state index in [0.29, 0.717) is 60.5 Å². The molecular formula is C48H53N9O8. The van der Waals surface area contributed by atoms with Gasteiger partial charge in [0.2, 0.25) is 23.6 Å². The lowest BCUT2D eigenvalue weighted by Crippen LogP contribution is -2.54. The number of nitrogens with zero attached hydrogens (tertiary/aromatic N) is 4. The van der Waals surface area contributed by atoms with E-state index in [1.54, 1.807) is 6.07 Å². The van der Waals surface area contributed by atoms with E-state index in [9.17, 15) is 33.6 Å². The number of ether oxygens (including phenoxy) is 1. The molecule has 6 N–H and O–H groups in total. The average molecular weight is 884 g/mol. The van der Waals surface area contributed by atoms with E-state index in [-0.39, 0.29) is 60.3 Å². The topological polar surface area (TPSA) is 227 Å². The summed E-state index contributed by atoms with van der Waals surface area (Å²) in [6.07, 6.45) is 7.43. The number of anilines is 2. The van der Waals surface area contributed by atoms with Gasteiger partial charge in [-0.25, -0.2) is 4.68 Å². The summed E-state index contributed by atoms with van der Waals surface area (Å²) in [5.74, 6) is -0.113. The number of hydrogen-bond acceptors (Lipinski definition) is 11. The van der Waals surface area contributed by atoms with Crippen LogP contribution in [-0.2, 0) is 19.2 Å². The molecule has 5 aliphatic rings. The molecule has 1 aromatic heterocycles. The van der Waals surface area contributed by atoms with Crippen molar-refractivity contribution in [2.24, 2.45) is 17.6 Å². The predicted octanol–water partition coefficient (Wildman–Crippen LogP) is 5.01. The molecule has 17 heteroatoms. The molecule has 0 radical (unpaired) electrons. The number of carbonyl (C=O) groups is 7. The first-order chi connectivity index (χ1) is 31.5. The minimum atomic E-state index is -1.05. The summed E-state index contributed by atoms with van der Waals surface area (Å²) in [5.41, 5.74) is 8.44. The number of imide groups is 2. The third-order valence-electron chi connectivity index (χ3n) is 13.6. The van der Waals surface area contributed by atoms with Crippen molar-refractivity contribution in [1.82, 2.24) is 30.2 Å². The summed E-state index contributed by atoms with van der Waals surface area (Å²) in [5, 5.41) is 16.7. The second-order valence-electron chi connectivity index (χ2n) is 17.7. The molecule has 1 aliphatic carbocycles. The van der Waals surface area contributed by atoms with Crippen LogP contribution in [0.1, 0.15) is 108 Å². The highest BCUT2D eigenvalue weighted by molar-refractivity contribution is 6.23. The predicted molar refractivity (Wildman–Crippen MR) is 239 cm³/mol. The van der Waals surface area contributed by atoms with Crippen molar-refractivity contribution < 1.29 is 38.3 Å². The van der Waals surface area contributed by atoms with Crippen LogP contribution in [-0.4, -0.2) is 99.2 Å². The van der Waals surface area contributed by atoms with Crippen LogP contribution in [0.5, 0.6) is 11.5 Å². The summed E-state index contributed by atoms with van der Waals surface area (Å²) in [4.78, 5) is 92.2. The first-order valence-electron chi connectivity index (χ1n) is 22.7. The summed E-state index contributed by atoms with van der Waals surface area (Å²) in [7, 11) is 0. The molecule has 0 bridgehead atoms. The van der Waals surface area contributed by atoms with E-state index in [1.807, 2.05) is 64.2 Å². The number of fused-ring (bicyclic) bond motifs is 2. The minimum Gasteiger partial charge on any atom is -0.457 e. The molecule has 338 valence electrons. The molecule has 4 aliphatic heterocycles. The molecule has 65 heavy (non-hydrogen) atoms. The first kappa shape index (κ1) is 43.2. The zero-order valence-electron chi connectivity index (χ0n) is 36.1. The van der Waals surface area contributed by atoms with Crippen LogP contribution in [0.25, 0.3) is 11.3 Å². The Bertz CT molecular complexity index is 2510. The number of hydrogen-bond donors (Lipinski definition) is 5. The van der Waals surface area contributed by atoms with Gasteiger partial charge in [0.15, 0.2) is 0 Å². The second kappa shape index (κ2) is 18.6. The molecule has 3 aromatic carbocycles. The summed E-state index contributed by atoms with van der Waals surface area (Å²) >= 11 is 0. The largest absolute Gasteiger partial charge is 0.457 e. The summed E-state index contributed by atoms with van der Waals surface area (Å²) in [6.45, 7) is 2.02. The maximum Gasteiger partial charge on any atom is 0.262 e. The van der Waals surface area contributed by atoms with E-state index < -0.39 is 35.6 Å². The van der Waals surface area contributed by atoms with E-state index in [4.69, 9.17) is 15.6 Å². The average Bonchev–Trinajstić information content (AvgIpc) is 3.83. The Morgan fingerprint density at radius 2 is 1.54 bits per heavy atom. The van der Waals surface area contributed by atoms with Crippen LogP contribution in [0.3, 0.4) is 0 Å². The first-order valence-corrected chi connectivity index (χ1v) is 22.7. The highest BCUT2D eigenvalue weighted by Crippen LogP contribution is 2.41. The van der Waals surface area contributed by atoms with Gasteiger partial charge < -0.3 is 31.3 Å². The van der Waals surface area contributed by atoms with E-state index >= 15 is 0 Å². The third kappa shape index (κ3) is 9.17. The number of para-hydroxylation sites is 1. The maximum atomic E-state index is 13.4. The molecule has 2 atom stereocenters. The Morgan fingerprint density at radius 1 is 0.815 bits per heavy atom. The van der Waals surface area contributed by atoms with Gasteiger partial charge in [-0.05, 0) is 124 Å². The number of nitrogens with two attached hydrogens (primary N) is 1. The fourth-order valence-corrected chi connectivity index (χ4v) is 10.1. The maximum absolute atomic E-state index is 13.4. The summed E-state index contributed by atoms with van der Waals surface area (Å²) in [6, 6.07) is 20.7. The fourth-order valence-electron chi connectivity index (χ4n) is 10.1. The number of nitrogens with one attached hydrogen (secondary N) is 4. The van der Waals surface area contributed by atoms with Crippen molar-refractivity contribution in [2.45, 2.75) is 88.8 Å². The fraction of sp³-hybridized carbons (Fsp3) is 0.417. The third-order valence-corrected chi connectivity index (χ3v) is 13.6. The molecule has 7 amide bonds. The molecule has 1 unspecified atom stereocenters. The molecule has 9 rings (SSSR count). The quantitative estimate of drug-likeness (QED) is 0.112. The van der Waals surface area contributed by atoms with Crippen molar-refractivity contribution in [3.8, 4) is 22.8 Å². The Morgan fingerprint density at radius 3 is 2.26 bits per heavy atom. The number of carbonyl (C=O) groups excluding carboxylic acids is 7. The lowest BCUT2D eigenvalue weighted by Gasteiger charge is -2.38. The van der Waals surface area contributed by atoms with Crippen molar-refractivity contribution >= 4 is 52.9 Å². The number of rotatable bonds is 13. The van der Waals surface area contributed by atoms with Crippen molar-refractivity contribution in [3.63, 3.8) is 0 Å². The Balaban J connectivity index is 0.708. The molecule has 17 nitrogen and oxygen atoms in total. The van der Waals surface area contributed by atoms with Crippen LogP contribution in [0, 0.1) is 11.8 Å². The SMILES string of the molecule is NC(=O)c1c(-c2ccc(Oc3ccccc3)cc2)nn2c1NCC[C@H]2C1CCN(C(=O)CC[C@H]2CC[C@H](NC(=O)CNc3ccc4c(c3)C(=O)N(C3CCC(=O)NC3=O)C4=O)CC2)CC1. The van der Waals surface area contributed by atoms with Gasteiger partial charge in [-0.1, -0.05) is 18.2 Å². The van der Waals surface area contributed by atoms with Crippen molar-refractivity contribution in [3.05, 3.63) is 89.5 Å². The van der Waals surface area contributed by atoms with Gasteiger partial charge in [0, 0.05) is 49.8 Å². The Kier molecular flexibility index (Phi) is 12.4. The number of aromatic nitrogens is 2. The van der Waals surface area contributed by atoms with Crippen LogP contribution < -0.4 is 31.7 Å². The van der Waals surface area contributed by atoms with E-state index in [1.165, 1.54) is 12.1 Å². The monoisotopic (exact) mass is 883 g/mol. The molecule has 5 heterocycles. The smallest absolute Gasteiger partial charge is 0.262 e. The number of benzene rings is 3. The van der Waals surface area contributed by atoms with Crippen LogP contribution in [0.4, 0.5) is 11.5 Å². The molecule has 1 saturated carbocycles.